The molecule has 0 aliphatic heterocycles. The topological polar surface area (TPSA) is 40.5 Å². The van der Waals surface area contributed by atoms with Crippen molar-refractivity contribution < 1.29 is 10.2 Å². The molecule has 2 nitrogen and oxygen atoms in total. The molecule has 0 aromatic carbocycles. The largest absolute Gasteiger partial charge is 0.388 e. The van der Waals surface area contributed by atoms with Crippen molar-refractivity contribution in [1.29, 1.82) is 0 Å². The summed E-state index contributed by atoms with van der Waals surface area (Å²) in [7, 11) is 0. The van der Waals surface area contributed by atoms with E-state index in [2.05, 4.69) is 13.5 Å². The summed E-state index contributed by atoms with van der Waals surface area (Å²) in [6, 6.07) is 0. The van der Waals surface area contributed by atoms with Crippen LogP contribution >= 0.6 is 0 Å². The molecule has 0 aromatic rings. The number of aliphatic hydroxyl groups is 2. The molecule has 0 spiro atoms. The second-order valence-electron chi connectivity index (χ2n) is 6.47. The van der Waals surface area contributed by atoms with E-state index in [0.717, 1.165) is 31.3 Å². The third-order valence-corrected chi connectivity index (χ3v) is 4.75. The Hall–Kier alpha value is -0.600. The lowest BCUT2D eigenvalue weighted by molar-refractivity contribution is -0.00348. The van der Waals surface area contributed by atoms with Gasteiger partial charge in [0.2, 0.25) is 0 Å². The molecular weight excluding hydrogens is 212 g/mol. The first kappa shape index (κ1) is 12.8. The van der Waals surface area contributed by atoms with Gasteiger partial charge in [-0.3, -0.25) is 0 Å². The highest BCUT2D eigenvalue weighted by molar-refractivity contribution is 5.28. The van der Waals surface area contributed by atoms with Gasteiger partial charge in [0.05, 0.1) is 11.7 Å². The Bertz CT molecular complexity index is 362. The number of rotatable bonds is 1. The van der Waals surface area contributed by atoms with Gasteiger partial charge in [-0.2, -0.15) is 0 Å². The standard InChI is InChI=1S/C15H24O2/c1-10-6-5-7-15(4)12(10)8-11(9-13(15)16)14(2,3)17/h9,12-13,16-17H,1,5-8H2,2-4H3. The fourth-order valence-electron chi connectivity index (χ4n) is 3.37. The van der Waals surface area contributed by atoms with Crippen molar-refractivity contribution in [3.05, 3.63) is 23.8 Å². The van der Waals surface area contributed by atoms with Crippen molar-refractivity contribution in [2.24, 2.45) is 11.3 Å². The van der Waals surface area contributed by atoms with E-state index in [1.54, 1.807) is 13.8 Å². The van der Waals surface area contributed by atoms with Gasteiger partial charge in [0.25, 0.3) is 0 Å². The molecule has 0 amide bonds. The molecule has 17 heavy (non-hydrogen) atoms. The summed E-state index contributed by atoms with van der Waals surface area (Å²) in [5.74, 6) is 0.317. The second-order valence-corrected chi connectivity index (χ2v) is 6.47. The molecule has 3 unspecified atom stereocenters. The molecule has 0 heterocycles. The number of aliphatic hydroxyl groups excluding tert-OH is 1. The molecule has 0 radical (unpaired) electrons. The predicted octanol–water partition coefficient (Wildman–Crippen LogP) is 2.81. The molecule has 2 rings (SSSR count). The molecular formula is C15H24O2. The fourth-order valence-corrected chi connectivity index (χ4v) is 3.37. The number of hydrogen-bond acceptors (Lipinski definition) is 2. The minimum absolute atomic E-state index is 0.0793. The van der Waals surface area contributed by atoms with Gasteiger partial charge in [0.15, 0.2) is 0 Å². The van der Waals surface area contributed by atoms with Crippen molar-refractivity contribution in [3.63, 3.8) is 0 Å². The van der Waals surface area contributed by atoms with E-state index in [1.165, 1.54) is 5.57 Å². The molecule has 96 valence electrons. The van der Waals surface area contributed by atoms with E-state index >= 15 is 0 Å². The molecule has 0 aromatic heterocycles. The van der Waals surface area contributed by atoms with Crippen molar-refractivity contribution in [2.45, 2.75) is 58.2 Å². The molecule has 2 N–H and O–H groups in total. The first-order valence-corrected chi connectivity index (χ1v) is 6.54. The van der Waals surface area contributed by atoms with Gasteiger partial charge in [-0.1, -0.05) is 25.2 Å². The molecule has 0 bridgehead atoms. The van der Waals surface area contributed by atoms with Gasteiger partial charge >= 0.3 is 0 Å². The first-order valence-electron chi connectivity index (χ1n) is 6.54. The lowest BCUT2D eigenvalue weighted by atomic mass is 9.57. The van der Waals surface area contributed by atoms with E-state index < -0.39 is 11.7 Å². The zero-order valence-electron chi connectivity index (χ0n) is 11.2. The van der Waals surface area contributed by atoms with Gasteiger partial charge in [-0.25, -0.2) is 0 Å². The minimum Gasteiger partial charge on any atom is -0.388 e. The molecule has 2 heteroatoms. The van der Waals surface area contributed by atoms with Crippen LogP contribution in [0, 0.1) is 11.3 Å². The first-order chi connectivity index (χ1) is 7.75. The van der Waals surface area contributed by atoms with Crippen molar-refractivity contribution >= 4 is 0 Å². The summed E-state index contributed by atoms with van der Waals surface area (Å²) >= 11 is 0. The Morgan fingerprint density at radius 1 is 1.47 bits per heavy atom. The monoisotopic (exact) mass is 236 g/mol. The summed E-state index contributed by atoms with van der Waals surface area (Å²) in [5.41, 5.74) is 1.28. The smallest absolute Gasteiger partial charge is 0.0801 e. The SMILES string of the molecule is C=C1CCCC2(C)C(O)C=C(C(C)(C)O)CC12. The highest BCUT2D eigenvalue weighted by atomic mass is 16.3. The van der Waals surface area contributed by atoms with E-state index in [4.69, 9.17) is 0 Å². The summed E-state index contributed by atoms with van der Waals surface area (Å²) in [4.78, 5) is 0. The average Bonchev–Trinajstić information content (AvgIpc) is 2.19. The summed E-state index contributed by atoms with van der Waals surface area (Å²) in [6.07, 6.45) is 5.49. The predicted molar refractivity (Wildman–Crippen MR) is 69.6 cm³/mol. The fraction of sp³-hybridized carbons (Fsp3) is 0.733. The summed E-state index contributed by atoms with van der Waals surface area (Å²) < 4.78 is 0. The Morgan fingerprint density at radius 2 is 2.12 bits per heavy atom. The zero-order chi connectivity index (χ0) is 12.8. The van der Waals surface area contributed by atoms with Gasteiger partial charge < -0.3 is 10.2 Å². The average molecular weight is 236 g/mol. The van der Waals surface area contributed by atoms with Crippen LogP contribution in [0.15, 0.2) is 23.8 Å². The maximum absolute atomic E-state index is 10.4. The van der Waals surface area contributed by atoms with Crippen LogP contribution in [0.2, 0.25) is 0 Å². The Balaban J connectivity index is 2.37. The Morgan fingerprint density at radius 3 is 2.71 bits per heavy atom. The number of allylic oxidation sites excluding steroid dienone is 1. The van der Waals surface area contributed by atoms with E-state index in [1.807, 2.05) is 6.08 Å². The quantitative estimate of drug-likeness (QED) is 0.687. The molecule has 2 aliphatic rings. The number of hydrogen-bond donors (Lipinski definition) is 2. The Labute approximate surface area is 104 Å². The van der Waals surface area contributed by atoms with Crippen LogP contribution in [-0.4, -0.2) is 21.9 Å². The van der Waals surface area contributed by atoms with Crippen LogP contribution in [0.3, 0.4) is 0 Å². The lowest BCUT2D eigenvalue weighted by Crippen LogP contribution is -2.46. The van der Waals surface area contributed by atoms with Crippen LogP contribution in [0.25, 0.3) is 0 Å². The highest BCUT2D eigenvalue weighted by Crippen LogP contribution is 2.52. The van der Waals surface area contributed by atoms with Crippen LogP contribution in [0.1, 0.15) is 46.5 Å². The zero-order valence-corrected chi connectivity index (χ0v) is 11.2. The molecule has 1 saturated carbocycles. The highest BCUT2D eigenvalue weighted by Gasteiger charge is 2.47. The van der Waals surface area contributed by atoms with E-state index in [0.29, 0.717) is 5.92 Å². The van der Waals surface area contributed by atoms with Gasteiger partial charge in [0.1, 0.15) is 0 Å². The van der Waals surface area contributed by atoms with Crippen LogP contribution in [0.5, 0.6) is 0 Å². The maximum Gasteiger partial charge on any atom is 0.0801 e. The van der Waals surface area contributed by atoms with Crippen LogP contribution in [0.4, 0.5) is 0 Å². The summed E-state index contributed by atoms with van der Waals surface area (Å²) in [5, 5.41) is 20.5. The van der Waals surface area contributed by atoms with Gasteiger partial charge in [-0.05, 0) is 51.0 Å². The van der Waals surface area contributed by atoms with E-state index in [9.17, 15) is 10.2 Å². The lowest BCUT2D eigenvalue weighted by Gasteiger charge is -2.49. The Kier molecular flexibility index (Phi) is 2.99. The maximum atomic E-state index is 10.4. The summed E-state index contributed by atoms with van der Waals surface area (Å²) in [6.45, 7) is 9.91. The minimum atomic E-state index is -0.833. The number of fused-ring (bicyclic) bond motifs is 1. The molecule has 3 atom stereocenters. The van der Waals surface area contributed by atoms with Gasteiger partial charge in [0, 0.05) is 5.41 Å². The molecule has 1 fully saturated rings. The molecule has 2 aliphatic carbocycles. The third kappa shape index (κ3) is 2.09. The van der Waals surface area contributed by atoms with Crippen LogP contribution < -0.4 is 0 Å². The molecule has 0 saturated heterocycles. The van der Waals surface area contributed by atoms with Crippen molar-refractivity contribution in [1.82, 2.24) is 0 Å². The van der Waals surface area contributed by atoms with Gasteiger partial charge in [-0.15, -0.1) is 0 Å². The van der Waals surface area contributed by atoms with E-state index in [-0.39, 0.29) is 5.41 Å². The van der Waals surface area contributed by atoms with Crippen molar-refractivity contribution in [3.8, 4) is 0 Å². The second kappa shape index (κ2) is 3.96. The van der Waals surface area contributed by atoms with Crippen LogP contribution in [-0.2, 0) is 0 Å². The normalized spacial score (nSPS) is 38.6. The third-order valence-electron chi connectivity index (χ3n) is 4.75. The van der Waals surface area contributed by atoms with Crippen molar-refractivity contribution in [2.75, 3.05) is 0 Å².